The van der Waals surface area contributed by atoms with E-state index in [1.165, 1.54) is 0 Å². The molecule has 0 saturated carbocycles. The summed E-state index contributed by atoms with van der Waals surface area (Å²) in [5.74, 6) is 1.29. The minimum absolute atomic E-state index is 0.426. The topological polar surface area (TPSA) is 46.2 Å². The van der Waals surface area contributed by atoms with Crippen molar-refractivity contribution in [2.24, 2.45) is 0 Å². The fourth-order valence-corrected chi connectivity index (χ4v) is 2.80. The molecule has 0 N–H and O–H groups in total. The molecule has 1 radical (unpaired) electrons. The van der Waals surface area contributed by atoms with Gasteiger partial charge in [0.15, 0.2) is 0 Å². The monoisotopic (exact) mass is 333 g/mol. The molecule has 0 bridgehead atoms. The lowest BCUT2D eigenvalue weighted by Gasteiger charge is -2.17. The van der Waals surface area contributed by atoms with E-state index in [-0.39, 0.29) is 0 Å². The van der Waals surface area contributed by atoms with Crippen LogP contribution in [-0.4, -0.2) is 56.1 Å². The molecule has 0 aliphatic heterocycles. The normalized spacial score (nSPS) is 11.0. The van der Waals surface area contributed by atoms with Crippen molar-refractivity contribution in [3.8, 4) is 5.75 Å². The number of rotatable bonds is 12. The Morgan fingerprint density at radius 2 is 1.57 bits per heavy atom. The van der Waals surface area contributed by atoms with E-state index in [0.29, 0.717) is 32.3 Å². The maximum Gasteiger partial charge on any atom is 0.656 e. The van der Waals surface area contributed by atoms with Gasteiger partial charge in [0.05, 0.1) is 26.4 Å². The average Bonchev–Trinajstić information content (AvgIpc) is 2.49. The molecule has 0 atom stereocenters. The molecule has 0 aliphatic carbocycles. The zero-order valence-electron chi connectivity index (χ0n) is 12.5. The second kappa shape index (κ2) is 12.0. The van der Waals surface area contributed by atoms with E-state index >= 15 is 0 Å². The lowest BCUT2D eigenvalue weighted by molar-refractivity contribution is 0.0742. The number of alkyl halides is 1. The minimum atomic E-state index is -1.88. The van der Waals surface area contributed by atoms with Gasteiger partial charge in [0.25, 0.3) is 0 Å². The summed E-state index contributed by atoms with van der Waals surface area (Å²) in [5.41, 5.74) is 1.04. The van der Waals surface area contributed by atoms with Crippen LogP contribution in [0.15, 0.2) is 24.3 Å². The molecule has 1 aromatic carbocycles. The van der Waals surface area contributed by atoms with Crippen molar-refractivity contribution in [1.82, 2.24) is 0 Å². The second-order valence-electron chi connectivity index (χ2n) is 4.08. The van der Waals surface area contributed by atoms with Crippen molar-refractivity contribution in [2.75, 3.05) is 46.5 Å². The lowest BCUT2D eigenvalue weighted by Crippen LogP contribution is -2.33. The van der Waals surface area contributed by atoms with Crippen LogP contribution in [0.4, 0.5) is 0 Å². The van der Waals surface area contributed by atoms with E-state index in [0.717, 1.165) is 17.7 Å². The largest absolute Gasteiger partial charge is 0.656 e. The molecule has 119 valence electrons. The fourth-order valence-electron chi connectivity index (χ4n) is 1.52. The van der Waals surface area contributed by atoms with Gasteiger partial charge in [0.2, 0.25) is 0 Å². The molecule has 0 unspecified atom stereocenters. The quantitative estimate of drug-likeness (QED) is 0.333. The van der Waals surface area contributed by atoms with Gasteiger partial charge < -0.3 is 22.8 Å². The predicted octanol–water partition coefficient (Wildman–Crippen LogP) is 2.16. The van der Waals surface area contributed by atoms with Crippen LogP contribution in [-0.2, 0) is 24.7 Å². The van der Waals surface area contributed by atoms with Gasteiger partial charge in [-0.2, -0.15) is 0 Å². The summed E-state index contributed by atoms with van der Waals surface area (Å²) in [4.78, 5) is 0. The third-order valence-corrected chi connectivity index (χ3v) is 4.00. The Balaban J connectivity index is 2.60. The van der Waals surface area contributed by atoms with Crippen LogP contribution in [0, 0.1) is 0 Å². The zero-order valence-corrected chi connectivity index (χ0v) is 14.2. The van der Waals surface area contributed by atoms with Gasteiger partial charge >= 0.3 is 9.53 Å². The summed E-state index contributed by atoms with van der Waals surface area (Å²) in [7, 11) is 1.36. The first-order valence-corrected chi connectivity index (χ1v) is 8.50. The highest BCUT2D eigenvalue weighted by molar-refractivity contribution is 6.37. The average molecular weight is 334 g/mol. The van der Waals surface area contributed by atoms with Crippen LogP contribution in [0.5, 0.6) is 5.75 Å². The Bertz CT molecular complexity index is 370. The SMILES string of the molecule is COCCO[Si](OCCOC)Oc1ccccc1CCCl. The van der Waals surface area contributed by atoms with Crippen LogP contribution in [0.3, 0.4) is 0 Å². The maximum absolute atomic E-state index is 5.88. The van der Waals surface area contributed by atoms with Crippen LogP contribution in [0.1, 0.15) is 5.56 Å². The van der Waals surface area contributed by atoms with Crippen molar-refractivity contribution in [3.05, 3.63) is 29.8 Å². The van der Waals surface area contributed by atoms with E-state index in [9.17, 15) is 0 Å². The van der Waals surface area contributed by atoms with Gasteiger partial charge in [-0.15, -0.1) is 11.6 Å². The summed E-state index contributed by atoms with van der Waals surface area (Å²) in [6.07, 6.45) is 0.739. The Morgan fingerprint density at radius 3 is 2.14 bits per heavy atom. The third kappa shape index (κ3) is 7.80. The van der Waals surface area contributed by atoms with E-state index in [1.807, 2.05) is 24.3 Å². The summed E-state index contributed by atoms with van der Waals surface area (Å²) >= 11 is 5.81. The van der Waals surface area contributed by atoms with Gasteiger partial charge in [0.1, 0.15) is 5.75 Å². The fraction of sp³-hybridized carbons (Fsp3) is 0.571. The number of methoxy groups -OCH3 is 2. The van der Waals surface area contributed by atoms with Crippen molar-refractivity contribution >= 4 is 21.1 Å². The van der Waals surface area contributed by atoms with Crippen LogP contribution in [0.25, 0.3) is 0 Å². The molecule has 1 aromatic rings. The highest BCUT2D eigenvalue weighted by Crippen LogP contribution is 2.20. The first kappa shape index (κ1) is 18.4. The number of benzene rings is 1. The Labute approximate surface area is 133 Å². The number of para-hydroxylation sites is 1. The van der Waals surface area contributed by atoms with Gasteiger partial charge in [0, 0.05) is 20.1 Å². The van der Waals surface area contributed by atoms with E-state index in [1.54, 1.807) is 14.2 Å². The molecule has 0 saturated heterocycles. The van der Waals surface area contributed by atoms with Gasteiger partial charge in [-0.05, 0) is 18.1 Å². The number of aryl methyl sites for hydroxylation is 1. The molecule has 0 aliphatic rings. The third-order valence-electron chi connectivity index (χ3n) is 2.54. The molecular weight excluding hydrogens is 312 g/mol. The molecule has 0 amide bonds. The Hall–Kier alpha value is -0.633. The molecule has 21 heavy (non-hydrogen) atoms. The number of ether oxygens (including phenoxy) is 2. The minimum Gasteiger partial charge on any atom is -0.498 e. The van der Waals surface area contributed by atoms with Crippen LogP contribution < -0.4 is 4.43 Å². The number of halogens is 1. The maximum atomic E-state index is 5.88. The van der Waals surface area contributed by atoms with Gasteiger partial charge in [-0.1, -0.05) is 18.2 Å². The molecule has 1 rings (SSSR count). The van der Waals surface area contributed by atoms with E-state index in [2.05, 4.69) is 0 Å². The molecule has 0 heterocycles. The van der Waals surface area contributed by atoms with Crippen LogP contribution >= 0.6 is 11.6 Å². The standard InChI is InChI=1S/C14H22ClO5Si/c1-16-9-11-18-21(19-12-10-17-2)20-14-6-4-3-5-13(14)7-8-15/h3-6H,7-12H2,1-2H3. The second-order valence-corrected chi connectivity index (χ2v) is 5.74. The summed E-state index contributed by atoms with van der Waals surface area (Å²) in [6.45, 7) is 1.84. The van der Waals surface area contributed by atoms with Crippen LogP contribution in [0.2, 0.25) is 0 Å². The number of hydrogen-bond donors (Lipinski definition) is 0. The van der Waals surface area contributed by atoms with Crippen molar-refractivity contribution in [1.29, 1.82) is 0 Å². The lowest BCUT2D eigenvalue weighted by atomic mass is 10.1. The van der Waals surface area contributed by atoms with Crippen molar-refractivity contribution in [2.45, 2.75) is 6.42 Å². The molecule has 5 nitrogen and oxygen atoms in total. The molecule has 0 aromatic heterocycles. The predicted molar refractivity (Wildman–Crippen MR) is 82.9 cm³/mol. The molecule has 0 spiro atoms. The van der Waals surface area contributed by atoms with E-state index in [4.69, 9.17) is 34.4 Å². The highest BCUT2D eigenvalue weighted by Gasteiger charge is 2.23. The molecule has 0 fully saturated rings. The van der Waals surface area contributed by atoms with Crippen molar-refractivity contribution < 1.29 is 22.8 Å². The Morgan fingerprint density at radius 1 is 0.952 bits per heavy atom. The molecular formula is C14H22ClO5Si. The first-order valence-electron chi connectivity index (χ1n) is 6.74. The first-order chi connectivity index (χ1) is 10.3. The summed E-state index contributed by atoms with van der Waals surface area (Å²) in [5, 5.41) is 0. The van der Waals surface area contributed by atoms with Crippen molar-refractivity contribution in [3.63, 3.8) is 0 Å². The summed E-state index contributed by atoms with van der Waals surface area (Å²) in [6, 6.07) is 7.75. The Kier molecular flexibility index (Phi) is 10.5. The summed E-state index contributed by atoms with van der Waals surface area (Å²) < 4.78 is 27.0. The highest BCUT2D eigenvalue weighted by atomic mass is 35.5. The smallest absolute Gasteiger partial charge is 0.498 e. The molecule has 7 heteroatoms. The van der Waals surface area contributed by atoms with E-state index < -0.39 is 9.53 Å². The number of hydrogen-bond acceptors (Lipinski definition) is 5. The van der Waals surface area contributed by atoms with Gasteiger partial charge in [-0.3, -0.25) is 0 Å². The van der Waals surface area contributed by atoms with Gasteiger partial charge in [-0.25, -0.2) is 0 Å². The zero-order chi connectivity index (χ0) is 15.3.